The summed E-state index contributed by atoms with van der Waals surface area (Å²) in [5, 5.41) is 4.34. The molecule has 2 bridgehead atoms. The maximum Gasteiger partial charge on any atom is 0.197 e. The number of benzene rings is 1. The third kappa shape index (κ3) is 3.09. The lowest BCUT2D eigenvalue weighted by Crippen LogP contribution is -2.58. The average molecular weight is 450 g/mol. The van der Waals surface area contributed by atoms with Gasteiger partial charge in [-0.1, -0.05) is 6.07 Å². The van der Waals surface area contributed by atoms with Crippen LogP contribution in [-0.2, 0) is 10.3 Å². The number of ether oxygens (including phenoxy) is 1. The Balaban J connectivity index is 1.21. The summed E-state index contributed by atoms with van der Waals surface area (Å²) < 4.78 is 17.3. The largest absolute Gasteiger partial charge is 0.445 e. The van der Waals surface area contributed by atoms with Crippen LogP contribution in [0.25, 0.3) is 16.9 Å². The molecule has 2 saturated heterocycles. The number of nitrogens with one attached hydrogen (secondary N) is 1. The van der Waals surface area contributed by atoms with E-state index >= 15 is 0 Å². The van der Waals surface area contributed by atoms with Crippen molar-refractivity contribution in [1.82, 2.24) is 29.3 Å². The first-order valence-corrected chi connectivity index (χ1v) is 11.4. The molecule has 3 aromatic heterocycles. The van der Waals surface area contributed by atoms with Crippen molar-refractivity contribution in [3.63, 3.8) is 0 Å². The zero-order valence-corrected chi connectivity index (χ0v) is 18.4. The third-order valence-corrected chi connectivity index (χ3v) is 7.75. The molecule has 9 nitrogen and oxygen atoms in total. The number of imidazole rings is 1. The van der Waals surface area contributed by atoms with Gasteiger partial charge in [-0.2, -0.15) is 5.10 Å². The zero-order chi connectivity index (χ0) is 21.8. The van der Waals surface area contributed by atoms with Crippen molar-refractivity contribution in [2.24, 2.45) is 0 Å². The molecule has 32 heavy (non-hydrogen) atoms. The van der Waals surface area contributed by atoms with Crippen LogP contribution in [0.1, 0.15) is 37.0 Å². The number of nitrogens with zero attached hydrogens (tertiary/aromatic N) is 5. The quantitative estimate of drug-likeness (QED) is 0.441. The predicted molar refractivity (Wildman–Crippen MR) is 120 cm³/mol. The number of nitrogens with two attached hydrogens (primary N) is 1. The third-order valence-electron chi connectivity index (χ3n) is 6.72. The lowest BCUT2D eigenvalue weighted by molar-refractivity contribution is -0.171. The topological polar surface area (TPSA) is 116 Å². The van der Waals surface area contributed by atoms with Gasteiger partial charge in [0.15, 0.2) is 23.6 Å². The lowest BCUT2D eigenvalue weighted by Gasteiger charge is -2.52. The van der Waals surface area contributed by atoms with E-state index in [1.54, 1.807) is 28.9 Å². The Bertz CT molecular complexity index is 1260. The van der Waals surface area contributed by atoms with Crippen LogP contribution < -0.4 is 10.5 Å². The highest BCUT2D eigenvalue weighted by molar-refractivity contribution is 7.97. The van der Waals surface area contributed by atoms with Gasteiger partial charge in [0.1, 0.15) is 11.9 Å². The molecule has 10 heteroatoms. The summed E-state index contributed by atoms with van der Waals surface area (Å²) in [6.07, 6.45) is 10.4. The van der Waals surface area contributed by atoms with Crippen molar-refractivity contribution >= 4 is 23.4 Å². The van der Waals surface area contributed by atoms with Crippen molar-refractivity contribution in [1.29, 1.82) is 0 Å². The Morgan fingerprint density at radius 2 is 2.03 bits per heavy atom. The molecule has 3 aliphatic rings. The molecule has 1 aromatic carbocycles. The van der Waals surface area contributed by atoms with Gasteiger partial charge in [0.05, 0.1) is 30.2 Å². The highest BCUT2D eigenvalue weighted by atomic mass is 32.2. The van der Waals surface area contributed by atoms with Gasteiger partial charge in [-0.15, -0.1) is 0 Å². The van der Waals surface area contributed by atoms with Gasteiger partial charge in [-0.05, 0) is 62.3 Å². The van der Waals surface area contributed by atoms with Crippen molar-refractivity contribution in [3.8, 4) is 11.3 Å². The van der Waals surface area contributed by atoms with Gasteiger partial charge in [-0.3, -0.25) is 4.72 Å². The summed E-state index contributed by atoms with van der Waals surface area (Å²) in [5.74, 6) is 1.21. The Morgan fingerprint density at radius 3 is 2.78 bits per heavy atom. The number of nitrogen functional groups attached to an aromatic ring is 1. The summed E-state index contributed by atoms with van der Waals surface area (Å²) in [6, 6.07) is 6.41. The lowest BCUT2D eigenvalue weighted by atomic mass is 9.71. The van der Waals surface area contributed by atoms with E-state index in [2.05, 4.69) is 49.9 Å². The smallest absolute Gasteiger partial charge is 0.197 e. The summed E-state index contributed by atoms with van der Waals surface area (Å²) in [4.78, 5) is 13.6. The molecular formula is C22H23N7O2S. The van der Waals surface area contributed by atoms with E-state index in [9.17, 15) is 0 Å². The van der Waals surface area contributed by atoms with Crippen LogP contribution >= 0.6 is 11.9 Å². The fourth-order valence-corrected chi connectivity index (χ4v) is 5.62. The molecule has 3 fully saturated rings. The maximum atomic E-state index is 6.31. The number of aromatic nitrogens is 5. The molecule has 4 aromatic rings. The molecule has 1 saturated carbocycles. The summed E-state index contributed by atoms with van der Waals surface area (Å²) in [7, 11) is 0. The second-order valence-electron chi connectivity index (χ2n) is 8.63. The molecule has 3 N–H and O–H groups in total. The van der Waals surface area contributed by atoms with Crippen molar-refractivity contribution in [2.75, 3.05) is 12.3 Å². The highest BCUT2D eigenvalue weighted by Crippen LogP contribution is 2.50. The molecule has 1 aliphatic carbocycles. The van der Waals surface area contributed by atoms with Gasteiger partial charge in [0.25, 0.3) is 0 Å². The van der Waals surface area contributed by atoms with E-state index in [0.717, 1.165) is 53.2 Å². The van der Waals surface area contributed by atoms with Crippen LogP contribution in [0.3, 0.4) is 0 Å². The average Bonchev–Trinajstić information content (AvgIpc) is 3.52. The molecule has 0 amide bonds. The molecule has 0 spiro atoms. The van der Waals surface area contributed by atoms with E-state index in [0.29, 0.717) is 18.1 Å². The van der Waals surface area contributed by atoms with E-state index in [1.165, 1.54) is 12.7 Å². The number of aryl methyl sites for hydroxylation is 1. The number of oxazole rings is 1. The molecule has 0 atom stereocenters. The first-order valence-electron chi connectivity index (χ1n) is 10.6. The normalized spacial score (nSPS) is 24.9. The van der Waals surface area contributed by atoms with Crippen LogP contribution in [0.2, 0.25) is 0 Å². The van der Waals surface area contributed by atoms with Gasteiger partial charge in [0.2, 0.25) is 0 Å². The molecule has 5 heterocycles. The Morgan fingerprint density at radius 1 is 1.16 bits per heavy atom. The Hall–Kier alpha value is -2.95. The number of hydrogen-bond donors (Lipinski definition) is 2. The standard InChI is InChI=1S/C22H23N7O2S/c1-14-2-3-15(8-16(14)17-9-25-20-19(23)26-12-27-29(17)20)32-28-21-4-6-22(7-5-21,31-11-21)18-10-24-13-30-18/h2-3,8-10,12-13,28H,4-7,11H2,1H3,(H2,23,26,27). The van der Waals surface area contributed by atoms with Gasteiger partial charge >= 0.3 is 0 Å². The fraction of sp³-hybridized carbons (Fsp3) is 0.364. The number of anilines is 1. The minimum atomic E-state index is -0.311. The van der Waals surface area contributed by atoms with Crippen molar-refractivity contribution in [2.45, 2.75) is 48.6 Å². The first-order chi connectivity index (χ1) is 15.6. The molecule has 7 rings (SSSR count). The van der Waals surface area contributed by atoms with E-state index in [4.69, 9.17) is 14.9 Å². The molecule has 0 unspecified atom stereocenters. The minimum Gasteiger partial charge on any atom is -0.445 e. The van der Waals surface area contributed by atoms with Gasteiger partial charge in [0, 0.05) is 10.5 Å². The molecular weight excluding hydrogens is 426 g/mol. The summed E-state index contributed by atoms with van der Waals surface area (Å²) in [6.45, 7) is 2.74. The number of rotatable bonds is 5. The van der Waals surface area contributed by atoms with Crippen LogP contribution in [-0.4, -0.2) is 36.7 Å². The number of fused-ring (bicyclic) bond motifs is 4. The molecule has 0 radical (unpaired) electrons. The van der Waals surface area contributed by atoms with Crippen LogP contribution in [0.4, 0.5) is 5.82 Å². The fourth-order valence-electron chi connectivity index (χ4n) is 4.71. The minimum absolute atomic E-state index is 0.0392. The van der Waals surface area contributed by atoms with Gasteiger partial charge < -0.3 is 14.9 Å². The molecule has 164 valence electrons. The molecule has 2 aliphatic heterocycles. The van der Waals surface area contributed by atoms with Crippen molar-refractivity contribution < 1.29 is 9.15 Å². The first kappa shape index (κ1) is 19.7. The predicted octanol–water partition coefficient (Wildman–Crippen LogP) is 3.51. The van der Waals surface area contributed by atoms with E-state index in [1.807, 2.05) is 0 Å². The van der Waals surface area contributed by atoms with E-state index in [-0.39, 0.29) is 11.1 Å². The SMILES string of the molecule is Cc1ccc(SNC23CCC(c4cnco4)(CC2)OC3)cc1-c1cnc2c(N)ncnn12. The monoisotopic (exact) mass is 449 g/mol. The van der Waals surface area contributed by atoms with Crippen LogP contribution in [0, 0.1) is 6.92 Å². The second kappa shape index (κ2) is 7.29. The Labute approximate surface area is 188 Å². The number of hydrogen-bond acceptors (Lipinski definition) is 9. The Kier molecular flexibility index (Phi) is 4.49. The van der Waals surface area contributed by atoms with E-state index < -0.39 is 0 Å². The zero-order valence-electron chi connectivity index (χ0n) is 17.6. The van der Waals surface area contributed by atoms with Crippen LogP contribution in [0.5, 0.6) is 0 Å². The van der Waals surface area contributed by atoms with Crippen molar-refractivity contribution in [3.05, 3.63) is 54.6 Å². The summed E-state index contributed by atoms with van der Waals surface area (Å²) >= 11 is 1.65. The maximum absolute atomic E-state index is 6.31. The second-order valence-corrected chi connectivity index (χ2v) is 9.51. The highest BCUT2D eigenvalue weighted by Gasteiger charge is 2.52. The summed E-state index contributed by atoms with van der Waals surface area (Å²) in [5.41, 5.74) is 9.26. The van der Waals surface area contributed by atoms with Gasteiger partial charge in [-0.25, -0.2) is 19.5 Å². The van der Waals surface area contributed by atoms with Crippen LogP contribution in [0.15, 0.2) is 52.6 Å².